The van der Waals surface area contributed by atoms with Gasteiger partial charge in [-0.25, -0.2) is 4.99 Å². The number of hydrogen-bond donors (Lipinski definition) is 1. The molecule has 0 fully saturated rings. The summed E-state index contributed by atoms with van der Waals surface area (Å²) in [6.07, 6.45) is 1.57. The van der Waals surface area contributed by atoms with Crippen molar-refractivity contribution in [1.82, 2.24) is 4.90 Å². The van der Waals surface area contributed by atoms with Gasteiger partial charge in [-0.2, -0.15) is 0 Å². The van der Waals surface area contributed by atoms with Gasteiger partial charge in [-0.1, -0.05) is 0 Å². The molecule has 1 aromatic heterocycles. The van der Waals surface area contributed by atoms with Gasteiger partial charge in [-0.05, 0) is 28.9 Å². The highest BCUT2D eigenvalue weighted by Crippen LogP contribution is 2.25. The fourth-order valence-corrected chi connectivity index (χ4v) is 1.86. The van der Waals surface area contributed by atoms with Crippen molar-refractivity contribution in [3.05, 3.63) is 27.8 Å². The van der Waals surface area contributed by atoms with Crippen LogP contribution in [0.4, 0.5) is 0 Å². The number of amides is 1. The molecular weight excluding hydrogens is 274 g/mol. The molecule has 5 nitrogen and oxygen atoms in total. The summed E-state index contributed by atoms with van der Waals surface area (Å²) in [5.74, 6) is 1.27. The molecule has 0 saturated carbocycles. The fraction of sp³-hybridized carbons (Fsp3) is 0.200. The lowest BCUT2D eigenvalue weighted by Crippen LogP contribution is -2.33. The first kappa shape index (κ1) is 10.9. The Bertz CT molecular complexity index is 516. The molecular formula is C10H10BrN3O2. The van der Waals surface area contributed by atoms with Crippen LogP contribution in [0.5, 0.6) is 0 Å². The van der Waals surface area contributed by atoms with Crippen molar-refractivity contribution < 1.29 is 9.21 Å². The Hall–Kier alpha value is -1.56. The summed E-state index contributed by atoms with van der Waals surface area (Å²) in [7, 11) is 1.57. The van der Waals surface area contributed by atoms with Gasteiger partial charge < -0.3 is 10.2 Å². The standard InChI is InChI=1S/C10H10BrN3O2/c1-5-3-6(11)8(16-5)4-7-9(15)14(2)10(12)13-7/h3-4H,1-2H3,(H2,12,13)/b7-4-. The molecule has 2 N–H and O–H groups in total. The monoisotopic (exact) mass is 283 g/mol. The first-order valence-corrected chi connectivity index (χ1v) is 5.38. The van der Waals surface area contributed by atoms with Gasteiger partial charge in [0.2, 0.25) is 5.96 Å². The van der Waals surface area contributed by atoms with Crippen molar-refractivity contribution in [2.24, 2.45) is 10.7 Å². The summed E-state index contributed by atoms with van der Waals surface area (Å²) >= 11 is 3.33. The number of furan rings is 1. The summed E-state index contributed by atoms with van der Waals surface area (Å²) in [6.45, 7) is 1.83. The van der Waals surface area contributed by atoms with Crippen LogP contribution in [0.2, 0.25) is 0 Å². The Morgan fingerprint density at radius 1 is 1.62 bits per heavy atom. The molecule has 1 aliphatic heterocycles. The molecule has 2 heterocycles. The second-order valence-corrected chi connectivity index (χ2v) is 4.29. The smallest absolute Gasteiger partial charge is 0.279 e. The van der Waals surface area contributed by atoms with E-state index >= 15 is 0 Å². The van der Waals surface area contributed by atoms with Crippen LogP contribution in [-0.2, 0) is 4.79 Å². The number of guanidine groups is 1. The van der Waals surface area contributed by atoms with Gasteiger partial charge in [0, 0.05) is 13.1 Å². The van der Waals surface area contributed by atoms with E-state index in [0.717, 1.165) is 10.2 Å². The van der Waals surface area contributed by atoms with Gasteiger partial charge in [0.15, 0.2) is 0 Å². The summed E-state index contributed by atoms with van der Waals surface area (Å²) in [4.78, 5) is 16.9. The number of halogens is 1. The Kier molecular flexibility index (Phi) is 2.59. The third-order valence-electron chi connectivity index (χ3n) is 2.21. The van der Waals surface area contributed by atoms with E-state index in [2.05, 4.69) is 20.9 Å². The number of rotatable bonds is 1. The van der Waals surface area contributed by atoms with Crippen molar-refractivity contribution in [2.75, 3.05) is 7.05 Å². The van der Waals surface area contributed by atoms with Gasteiger partial charge in [-0.15, -0.1) is 0 Å². The highest BCUT2D eigenvalue weighted by molar-refractivity contribution is 9.10. The number of aliphatic imine (C=N–C) groups is 1. The summed E-state index contributed by atoms with van der Waals surface area (Å²) in [5, 5.41) is 0. The Balaban J connectivity index is 2.40. The van der Waals surface area contributed by atoms with E-state index < -0.39 is 0 Å². The molecule has 0 aromatic carbocycles. The van der Waals surface area contributed by atoms with Crippen molar-refractivity contribution in [1.29, 1.82) is 0 Å². The fourth-order valence-electron chi connectivity index (χ4n) is 1.34. The summed E-state index contributed by atoms with van der Waals surface area (Å²) in [6, 6.07) is 1.82. The van der Waals surface area contributed by atoms with E-state index in [1.54, 1.807) is 13.1 Å². The number of hydrogen-bond acceptors (Lipinski definition) is 4. The van der Waals surface area contributed by atoms with Gasteiger partial charge in [0.1, 0.15) is 17.2 Å². The summed E-state index contributed by atoms with van der Waals surface area (Å²) in [5.41, 5.74) is 5.80. The highest BCUT2D eigenvalue weighted by Gasteiger charge is 2.25. The van der Waals surface area contributed by atoms with Crippen molar-refractivity contribution in [2.45, 2.75) is 6.92 Å². The zero-order valence-corrected chi connectivity index (χ0v) is 10.4. The molecule has 1 aromatic rings. The van der Waals surface area contributed by atoms with E-state index in [0.29, 0.717) is 5.76 Å². The largest absolute Gasteiger partial charge is 0.461 e. The predicted octanol–water partition coefficient (Wildman–Crippen LogP) is 1.48. The molecule has 84 valence electrons. The maximum absolute atomic E-state index is 11.6. The van der Waals surface area contributed by atoms with Crippen LogP contribution in [0.1, 0.15) is 11.5 Å². The minimum atomic E-state index is -0.238. The SMILES string of the molecule is Cc1cc(Br)c(/C=C2\N=C(N)N(C)C2=O)o1. The van der Waals surface area contributed by atoms with Crippen LogP contribution >= 0.6 is 15.9 Å². The second kappa shape index (κ2) is 3.79. The lowest BCUT2D eigenvalue weighted by atomic mass is 10.3. The predicted molar refractivity (Wildman–Crippen MR) is 63.5 cm³/mol. The Labute approximate surface area is 101 Å². The molecule has 6 heteroatoms. The van der Waals surface area contributed by atoms with E-state index in [1.165, 1.54) is 4.90 Å². The van der Waals surface area contributed by atoms with E-state index in [9.17, 15) is 4.79 Å². The van der Waals surface area contributed by atoms with Crippen molar-refractivity contribution >= 4 is 33.9 Å². The van der Waals surface area contributed by atoms with Crippen molar-refractivity contribution in [3.8, 4) is 0 Å². The number of carbonyl (C=O) groups excluding carboxylic acids is 1. The quantitative estimate of drug-likeness (QED) is 0.794. The lowest BCUT2D eigenvalue weighted by molar-refractivity contribution is -0.121. The average Bonchev–Trinajstić information content (AvgIpc) is 2.64. The van der Waals surface area contributed by atoms with Crippen LogP contribution in [0, 0.1) is 6.92 Å². The molecule has 0 bridgehead atoms. The first-order chi connectivity index (χ1) is 7.49. The van der Waals surface area contributed by atoms with Gasteiger partial charge in [0.05, 0.1) is 4.47 Å². The minimum absolute atomic E-state index is 0.190. The van der Waals surface area contributed by atoms with Gasteiger partial charge in [-0.3, -0.25) is 9.69 Å². The third kappa shape index (κ3) is 1.76. The summed E-state index contributed by atoms with van der Waals surface area (Å²) < 4.78 is 6.18. The Morgan fingerprint density at radius 3 is 2.75 bits per heavy atom. The molecule has 16 heavy (non-hydrogen) atoms. The van der Waals surface area contributed by atoms with E-state index in [-0.39, 0.29) is 17.6 Å². The van der Waals surface area contributed by atoms with Crippen LogP contribution in [0.3, 0.4) is 0 Å². The maximum atomic E-state index is 11.6. The number of carbonyl (C=O) groups is 1. The van der Waals surface area contributed by atoms with Crippen LogP contribution < -0.4 is 5.73 Å². The second-order valence-electron chi connectivity index (χ2n) is 3.43. The molecule has 0 spiro atoms. The molecule has 0 radical (unpaired) electrons. The minimum Gasteiger partial charge on any atom is -0.461 e. The number of aryl methyl sites for hydroxylation is 1. The molecule has 2 rings (SSSR count). The average molecular weight is 284 g/mol. The van der Waals surface area contributed by atoms with Gasteiger partial charge >= 0.3 is 0 Å². The first-order valence-electron chi connectivity index (χ1n) is 4.59. The molecule has 1 aliphatic rings. The van der Waals surface area contributed by atoms with Crippen molar-refractivity contribution in [3.63, 3.8) is 0 Å². The van der Waals surface area contributed by atoms with E-state index in [4.69, 9.17) is 10.2 Å². The zero-order chi connectivity index (χ0) is 11.9. The normalized spacial score (nSPS) is 18.4. The topological polar surface area (TPSA) is 71.8 Å². The number of nitrogens with two attached hydrogens (primary N) is 1. The highest BCUT2D eigenvalue weighted by atomic mass is 79.9. The van der Waals surface area contributed by atoms with Crippen LogP contribution in [0.25, 0.3) is 6.08 Å². The maximum Gasteiger partial charge on any atom is 0.279 e. The Morgan fingerprint density at radius 2 is 2.31 bits per heavy atom. The molecule has 0 atom stereocenters. The lowest BCUT2D eigenvalue weighted by Gasteiger charge is -2.05. The molecule has 0 aliphatic carbocycles. The molecule has 0 saturated heterocycles. The number of nitrogens with zero attached hydrogens (tertiary/aromatic N) is 2. The third-order valence-corrected chi connectivity index (χ3v) is 2.83. The number of likely N-dealkylation sites (N-methyl/N-ethyl adjacent to an activating group) is 1. The van der Waals surface area contributed by atoms with E-state index in [1.807, 2.05) is 13.0 Å². The van der Waals surface area contributed by atoms with Crippen LogP contribution in [0.15, 0.2) is 25.6 Å². The molecule has 1 amide bonds. The molecule has 0 unspecified atom stereocenters. The van der Waals surface area contributed by atoms with Crippen LogP contribution in [-0.4, -0.2) is 23.8 Å². The zero-order valence-electron chi connectivity index (χ0n) is 8.82. The van der Waals surface area contributed by atoms with Gasteiger partial charge in [0.25, 0.3) is 5.91 Å².